The second kappa shape index (κ2) is 4.63. The third-order valence-electron chi connectivity index (χ3n) is 3.60. The first-order valence-electron chi connectivity index (χ1n) is 6.71. The number of fused-ring (bicyclic) bond motifs is 1. The van der Waals surface area contributed by atoms with Crippen LogP contribution in [0.5, 0.6) is 0 Å². The highest BCUT2D eigenvalue weighted by molar-refractivity contribution is 7.99. The summed E-state index contributed by atoms with van der Waals surface area (Å²) in [6.07, 6.45) is 5.59. The molecule has 1 aliphatic rings. The Morgan fingerprint density at radius 2 is 2.14 bits per heavy atom. The van der Waals surface area contributed by atoms with E-state index >= 15 is 0 Å². The fourth-order valence-electron chi connectivity index (χ4n) is 2.39. The molecule has 3 N–H and O–H groups in total. The van der Waals surface area contributed by atoms with Gasteiger partial charge in [0.2, 0.25) is 0 Å². The van der Waals surface area contributed by atoms with Crippen molar-refractivity contribution in [3.05, 3.63) is 41.1 Å². The lowest BCUT2D eigenvalue weighted by atomic mass is 10.1. The molecule has 2 heterocycles. The minimum atomic E-state index is -0.141. The molecular weight excluding hydrogens is 286 g/mol. The van der Waals surface area contributed by atoms with E-state index in [1.165, 1.54) is 11.8 Å². The lowest BCUT2D eigenvalue weighted by Crippen LogP contribution is -2.16. The molecule has 0 radical (unpaired) electrons. The molecule has 106 valence electrons. The molecule has 1 aromatic carbocycles. The summed E-state index contributed by atoms with van der Waals surface area (Å²) in [5.41, 5.74) is 6.58. The number of hydrogen-bond acceptors (Lipinski definition) is 5. The Kier molecular flexibility index (Phi) is 2.75. The van der Waals surface area contributed by atoms with Gasteiger partial charge in [-0.3, -0.25) is 9.55 Å². The van der Waals surface area contributed by atoms with Crippen LogP contribution < -0.4 is 11.4 Å². The van der Waals surface area contributed by atoms with E-state index in [2.05, 4.69) is 15.2 Å². The van der Waals surface area contributed by atoms with Gasteiger partial charge in [0.1, 0.15) is 0 Å². The number of nitrogens with two attached hydrogens (primary N) is 1. The van der Waals surface area contributed by atoms with E-state index in [-0.39, 0.29) is 11.7 Å². The Hall–Kier alpha value is -2.28. The Bertz CT molecular complexity index is 880. The number of nitrogen functional groups attached to an aromatic ring is 1. The molecule has 3 aromatic rings. The zero-order valence-corrected chi connectivity index (χ0v) is 11.9. The van der Waals surface area contributed by atoms with Crippen LogP contribution in [-0.4, -0.2) is 19.7 Å². The average molecular weight is 299 g/mol. The highest BCUT2D eigenvalue weighted by Gasteiger charge is 2.28. The zero-order valence-electron chi connectivity index (χ0n) is 11.1. The van der Waals surface area contributed by atoms with Crippen LogP contribution in [-0.2, 0) is 0 Å². The summed E-state index contributed by atoms with van der Waals surface area (Å²) < 4.78 is 1.74. The summed E-state index contributed by atoms with van der Waals surface area (Å²) >= 11 is 1.47. The molecule has 2 aromatic heterocycles. The molecule has 0 atom stereocenters. The van der Waals surface area contributed by atoms with Gasteiger partial charge in [0.05, 0.1) is 0 Å². The minimum Gasteiger partial charge on any atom is -0.398 e. The van der Waals surface area contributed by atoms with E-state index < -0.39 is 0 Å². The normalized spacial score (nSPS) is 14.7. The van der Waals surface area contributed by atoms with Crippen LogP contribution in [0.4, 0.5) is 5.69 Å². The van der Waals surface area contributed by atoms with Gasteiger partial charge in [-0.2, -0.15) is 0 Å². The monoisotopic (exact) mass is 299 g/mol. The molecule has 0 spiro atoms. The van der Waals surface area contributed by atoms with Crippen LogP contribution in [0, 0.1) is 0 Å². The van der Waals surface area contributed by atoms with Gasteiger partial charge < -0.3 is 5.73 Å². The standard InChI is InChI=1S/C14H13N5OS/c15-11-3-4-12(10-7-16-6-5-9(10)11)21-14-18-17-13(20)19(14)8-1-2-8/h3-8H,1-2,15H2,(H,17,20). The van der Waals surface area contributed by atoms with Crippen molar-refractivity contribution < 1.29 is 0 Å². The number of H-pyrrole nitrogens is 1. The van der Waals surface area contributed by atoms with Gasteiger partial charge in [0, 0.05) is 39.8 Å². The SMILES string of the molecule is Nc1ccc(Sc2n[nH]c(=O)n2C2CC2)c2cnccc12. The maximum absolute atomic E-state index is 11.8. The smallest absolute Gasteiger partial charge is 0.344 e. The molecule has 0 aliphatic heterocycles. The quantitative estimate of drug-likeness (QED) is 0.724. The van der Waals surface area contributed by atoms with Crippen molar-refractivity contribution in [1.29, 1.82) is 0 Å². The number of benzene rings is 1. The molecule has 1 fully saturated rings. The number of nitrogens with zero attached hydrogens (tertiary/aromatic N) is 3. The summed E-state index contributed by atoms with van der Waals surface area (Å²) in [6, 6.07) is 6.00. The summed E-state index contributed by atoms with van der Waals surface area (Å²) in [4.78, 5) is 17.0. The first-order valence-corrected chi connectivity index (χ1v) is 7.52. The number of aromatic nitrogens is 4. The number of pyridine rings is 1. The van der Waals surface area contributed by atoms with E-state index in [1.807, 2.05) is 18.2 Å². The predicted octanol–water partition coefficient (Wildman–Crippen LogP) is 2.19. The molecule has 21 heavy (non-hydrogen) atoms. The number of anilines is 1. The maximum atomic E-state index is 11.8. The highest BCUT2D eigenvalue weighted by atomic mass is 32.2. The third kappa shape index (κ3) is 2.09. The second-order valence-corrected chi connectivity index (χ2v) is 6.10. The summed E-state index contributed by atoms with van der Waals surface area (Å²) in [7, 11) is 0. The number of rotatable bonds is 3. The fourth-order valence-corrected chi connectivity index (χ4v) is 3.42. The molecule has 0 unspecified atom stereocenters. The Morgan fingerprint density at radius 1 is 1.29 bits per heavy atom. The van der Waals surface area contributed by atoms with Crippen molar-refractivity contribution in [1.82, 2.24) is 19.7 Å². The van der Waals surface area contributed by atoms with Gasteiger partial charge in [-0.25, -0.2) is 9.89 Å². The second-order valence-electron chi connectivity index (χ2n) is 5.09. The van der Waals surface area contributed by atoms with Gasteiger partial charge >= 0.3 is 5.69 Å². The first-order chi connectivity index (χ1) is 10.2. The van der Waals surface area contributed by atoms with E-state index in [4.69, 9.17) is 5.73 Å². The van der Waals surface area contributed by atoms with Gasteiger partial charge in [0.25, 0.3) is 0 Å². The van der Waals surface area contributed by atoms with Crippen LogP contribution in [0.2, 0.25) is 0 Å². The molecular formula is C14H13N5OS. The van der Waals surface area contributed by atoms with Crippen molar-refractivity contribution in [2.45, 2.75) is 28.9 Å². The van der Waals surface area contributed by atoms with Gasteiger partial charge in [-0.15, -0.1) is 5.10 Å². The lowest BCUT2D eigenvalue weighted by molar-refractivity contribution is 0.642. The van der Waals surface area contributed by atoms with Gasteiger partial charge in [0.15, 0.2) is 5.16 Å². The number of aromatic amines is 1. The summed E-state index contributed by atoms with van der Waals surface area (Å²) in [5.74, 6) is 0. The highest BCUT2D eigenvalue weighted by Crippen LogP contribution is 2.39. The third-order valence-corrected chi connectivity index (χ3v) is 4.64. The summed E-state index contributed by atoms with van der Waals surface area (Å²) in [6.45, 7) is 0. The van der Waals surface area contributed by atoms with Crippen molar-refractivity contribution in [2.75, 3.05) is 5.73 Å². The van der Waals surface area contributed by atoms with Crippen LogP contribution in [0.15, 0.2) is 45.4 Å². The van der Waals surface area contributed by atoms with E-state index in [9.17, 15) is 4.79 Å². The van der Waals surface area contributed by atoms with Crippen molar-refractivity contribution in [3.8, 4) is 0 Å². The average Bonchev–Trinajstić information content (AvgIpc) is 3.27. The number of hydrogen-bond donors (Lipinski definition) is 2. The Morgan fingerprint density at radius 3 is 2.95 bits per heavy atom. The predicted molar refractivity (Wildman–Crippen MR) is 81.4 cm³/mol. The molecule has 1 aliphatic carbocycles. The molecule has 0 amide bonds. The van der Waals surface area contributed by atoms with E-state index in [0.717, 1.165) is 34.2 Å². The van der Waals surface area contributed by atoms with E-state index in [0.29, 0.717) is 5.16 Å². The lowest BCUT2D eigenvalue weighted by Gasteiger charge is -2.08. The van der Waals surface area contributed by atoms with Gasteiger partial charge in [-0.05, 0) is 42.8 Å². The topological polar surface area (TPSA) is 89.6 Å². The molecule has 7 heteroatoms. The van der Waals surface area contributed by atoms with Crippen molar-refractivity contribution in [2.24, 2.45) is 0 Å². The van der Waals surface area contributed by atoms with Crippen molar-refractivity contribution >= 4 is 28.2 Å². The zero-order chi connectivity index (χ0) is 14.4. The number of nitrogens with one attached hydrogen (secondary N) is 1. The Balaban J connectivity index is 1.82. The largest absolute Gasteiger partial charge is 0.398 e. The van der Waals surface area contributed by atoms with E-state index in [1.54, 1.807) is 17.0 Å². The molecule has 0 bridgehead atoms. The fraction of sp³-hybridized carbons (Fsp3) is 0.214. The molecule has 0 saturated heterocycles. The van der Waals surface area contributed by atoms with Crippen LogP contribution >= 0.6 is 11.8 Å². The van der Waals surface area contributed by atoms with Crippen LogP contribution in [0.1, 0.15) is 18.9 Å². The van der Waals surface area contributed by atoms with Crippen LogP contribution in [0.3, 0.4) is 0 Å². The summed E-state index contributed by atoms with van der Waals surface area (Å²) in [5, 5.41) is 9.30. The first kappa shape index (κ1) is 12.5. The maximum Gasteiger partial charge on any atom is 0.344 e. The molecule has 4 rings (SSSR count). The van der Waals surface area contributed by atoms with Gasteiger partial charge in [-0.1, -0.05) is 0 Å². The Labute approximate surface area is 124 Å². The molecule has 6 nitrogen and oxygen atoms in total. The van der Waals surface area contributed by atoms with Crippen molar-refractivity contribution in [3.63, 3.8) is 0 Å². The molecule has 1 saturated carbocycles. The minimum absolute atomic E-state index is 0.141. The van der Waals surface area contributed by atoms with Crippen LogP contribution in [0.25, 0.3) is 10.8 Å².